The number of likely N-dealkylation sites (N-methyl/N-ethyl adjacent to an activating group) is 1. The van der Waals surface area contributed by atoms with Crippen LogP contribution in [0.2, 0.25) is 0 Å². The SMILES string of the molecule is CNC(Cc1ccccc1)Cc1cccc(C(C)C)c1. The van der Waals surface area contributed by atoms with E-state index < -0.39 is 0 Å². The Morgan fingerprint density at radius 2 is 1.50 bits per heavy atom. The molecule has 0 bridgehead atoms. The fourth-order valence-corrected chi connectivity index (χ4v) is 2.54. The van der Waals surface area contributed by atoms with Gasteiger partial charge in [-0.2, -0.15) is 0 Å². The molecule has 1 nitrogen and oxygen atoms in total. The maximum atomic E-state index is 3.45. The third-order valence-corrected chi connectivity index (χ3v) is 3.83. The Kier molecular flexibility index (Phi) is 5.37. The summed E-state index contributed by atoms with van der Waals surface area (Å²) in [4.78, 5) is 0. The average molecular weight is 267 g/mol. The monoisotopic (exact) mass is 267 g/mol. The molecule has 1 unspecified atom stereocenters. The number of hydrogen-bond acceptors (Lipinski definition) is 1. The normalized spacial score (nSPS) is 12.6. The van der Waals surface area contributed by atoms with Crippen LogP contribution in [0.15, 0.2) is 54.6 Å². The van der Waals surface area contributed by atoms with E-state index in [0.29, 0.717) is 12.0 Å². The van der Waals surface area contributed by atoms with E-state index in [9.17, 15) is 0 Å². The van der Waals surface area contributed by atoms with E-state index in [1.54, 1.807) is 0 Å². The average Bonchev–Trinajstić information content (AvgIpc) is 2.48. The van der Waals surface area contributed by atoms with Crippen LogP contribution in [-0.2, 0) is 12.8 Å². The van der Waals surface area contributed by atoms with Gasteiger partial charge in [-0.15, -0.1) is 0 Å². The summed E-state index contributed by atoms with van der Waals surface area (Å²) in [6.45, 7) is 4.50. The molecule has 1 heteroatoms. The molecule has 0 saturated carbocycles. The van der Waals surface area contributed by atoms with Crippen LogP contribution in [0.4, 0.5) is 0 Å². The standard InChI is InChI=1S/C19H25N/c1-15(2)18-11-7-10-17(12-18)14-19(20-3)13-16-8-5-4-6-9-16/h4-12,15,19-20H,13-14H2,1-3H3. The minimum absolute atomic E-state index is 0.486. The Hall–Kier alpha value is -1.60. The Morgan fingerprint density at radius 1 is 0.850 bits per heavy atom. The van der Waals surface area contributed by atoms with E-state index in [-0.39, 0.29) is 0 Å². The lowest BCUT2D eigenvalue weighted by molar-refractivity contribution is 0.556. The van der Waals surface area contributed by atoms with Gasteiger partial charge in [0.2, 0.25) is 0 Å². The summed E-state index contributed by atoms with van der Waals surface area (Å²) < 4.78 is 0. The van der Waals surface area contributed by atoms with Crippen molar-refractivity contribution in [2.24, 2.45) is 0 Å². The first-order valence-corrected chi connectivity index (χ1v) is 7.49. The van der Waals surface area contributed by atoms with E-state index >= 15 is 0 Å². The van der Waals surface area contributed by atoms with E-state index in [4.69, 9.17) is 0 Å². The van der Waals surface area contributed by atoms with Crippen molar-refractivity contribution in [3.05, 3.63) is 71.3 Å². The zero-order valence-electron chi connectivity index (χ0n) is 12.8. The largest absolute Gasteiger partial charge is 0.316 e. The van der Waals surface area contributed by atoms with E-state index in [1.807, 2.05) is 0 Å². The third kappa shape index (κ3) is 4.21. The predicted molar refractivity (Wildman–Crippen MR) is 87.2 cm³/mol. The van der Waals surface area contributed by atoms with Crippen molar-refractivity contribution in [3.63, 3.8) is 0 Å². The van der Waals surface area contributed by atoms with Crippen LogP contribution in [0, 0.1) is 0 Å². The van der Waals surface area contributed by atoms with Crippen LogP contribution in [-0.4, -0.2) is 13.1 Å². The summed E-state index contributed by atoms with van der Waals surface area (Å²) in [5, 5.41) is 3.45. The molecule has 2 rings (SSSR count). The number of rotatable bonds is 6. The minimum Gasteiger partial charge on any atom is -0.316 e. The fourth-order valence-electron chi connectivity index (χ4n) is 2.54. The lowest BCUT2D eigenvalue weighted by Gasteiger charge is -2.17. The fraction of sp³-hybridized carbons (Fsp3) is 0.368. The molecule has 0 spiro atoms. The predicted octanol–water partition coefficient (Wildman–Crippen LogP) is 4.18. The highest BCUT2D eigenvalue weighted by atomic mass is 14.9. The van der Waals surface area contributed by atoms with Gasteiger partial charge >= 0.3 is 0 Å². The molecule has 0 aromatic heterocycles. The van der Waals surface area contributed by atoms with E-state index in [2.05, 4.69) is 80.8 Å². The lowest BCUT2D eigenvalue weighted by atomic mass is 9.95. The van der Waals surface area contributed by atoms with Crippen molar-refractivity contribution in [2.75, 3.05) is 7.05 Å². The highest BCUT2D eigenvalue weighted by Crippen LogP contribution is 2.17. The molecular formula is C19H25N. The van der Waals surface area contributed by atoms with Gasteiger partial charge < -0.3 is 5.32 Å². The van der Waals surface area contributed by atoms with Crippen molar-refractivity contribution in [2.45, 2.75) is 38.6 Å². The molecule has 0 aliphatic carbocycles. The van der Waals surface area contributed by atoms with E-state index in [1.165, 1.54) is 16.7 Å². The summed E-state index contributed by atoms with van der Waals surface area (Å²) in [5.74, 6) is 0.595. The molecule has 0 aliphatic heterocycles. The maximum absolute atomic E-state index is 3.45. The van der Waals surface area contributed by atoms with Crippen LogP contribution in [0.5, 0.6) is 0 Å². The van der Waals surface area contributed by atoms with Crippen LogP contribution >= 0.6 is 0 Å². The van der Waals surface area contributed by atoms with Crippen LogP contribution < -0.4 is 5.32 Å². The number of benzene rings is 2. The van der Waals surface area contributed by atoms with E-state index in [0.717, 1.165) is 12.8 Å². The topological polar surface area (TPSA) is 12.0 Å². The zero-order chi connectivity index (χ0) is 14.4. The number of hydrogen-bond donors (Lipinski definition) is 1. The molecule has 1 atom stereocenters. The summed E-state index contributed by atoms with van der Waals surface area (Å²) >= 11 is 0. The van der Waals surface area contributed by atoms with Gasteiger partial charge in [-0.25, -0.2) is 0 Å². The quantitative estimate of drug-likeness (QED) is 0.827. The van der Waals surface area contributed by atoms with Gasteiger partial charge in [0.1, 0.15) is 0 Å². The molecular weight excluding hydrogens is 242 g/mol. The summed E-state index contributed by atoms with van der Waals surface area (Å²) in [6.07, 6.45) is 2.15. The minimum atomic E-state index is 0.486. The third-order valence-electron chi connectivity index (χ3n) is 3.83. The first-order valence-electron chi connectivity index (χ1n) is 7.49. The maximum Gasteiger partial charge on any atom is 0.0145 e. The Labute approximate surface area is 123 Å². The number of nitrogens with one attached hydrogen (secondary N) is 1. The van der Waals surface area contributed by atoms with Gasteiger partial charge in [0, 0.05) is 6.04 Å². The highest BCUT2D eigenvalue weighted by Gasteiger charge is 2.09. The van der Waals surface area contributed by atoms with Crippen molar-refractivity contribution in [1.29, 1.82) is 0 Å². The van der Waals surface area contributed by atoms with Crippen LogP contribution in [0.1, 0.15) is 36.5 Å². The second-order valence-electron chi connectivity index (χ2n) is 5.78. The van der Waals surface area contributed by atoms with Gasteiger partial charge in [-0.1, -0.05) is 68.4 Å². The van der Waals surface area contributed by atoms with Gasteiger partial charge in [-0.3, -0.25) is 0 Å². The highest BCUT2D eigenvalue weighted by molar-refractivity contribution is 5.27. The molecule has 0 amide bonds. The first kappa shape index (κ1) is 14.8. The molecule has 2 aromatic rings. The molecule has 0 fully saturated rings. The molecule has 2 aromatic carbocycles. The zero-order valence-corrected chi connectivity index (χ0v) is 12.8. The molecule has 0 aliphatic rings. The van der Waals surface area contributed by atoms with Gasteiger partial charge in [-0.05, 0) is 42.5 Å². The Balaban J connectivity index is 2.04. The molecule has 0 heterocycles. The van der Waals surface area contributed by atoms with Crippen LogP contribution in [0.25, 0.3) is 0 Å². The van der Waals surface area contributed by atoms with Crippen LogP contribution in [0.3, 0.4) is 0 Å². The molecule has 20 heavy (non-hydrogen) atoms. The van der Waals surface area contributed by atoms with Crippen molar-refractivity contribution in [1.82, 2.24) is 5.32 Å². The van der Waals surface area contributed by atoms with Gasteiger partial charge in [0.25, 0.3) is 0 Å². The molecule has 1 N–H and O–H groups in total. The summed E-state index contributed by atoms with van der Waals surface area (Å²) in [5.41, 5.74) is 4.25. The van der Waals surface area contributed by atoms with Gasteiger partial charge in [0.15, 0.2) is 0 Å². The molecule has 0 saturated heterocycles. The smallest absolute Gasteiger partial charge is 0.0145 e. The first-order chi connectivity index (χ1) is 9.69. The van der Waals surface area contributed by atoms with Crippen molar-refractivity contribution >= 4 is 0 Å². The Bertz CT molecular complexity index is 516. The summed E-state index contributed by atoms with van der Waals surface area (Å²) in [6, 6.07) is 20.2. The second kappa shape index (κ2) is 7.25. The van der Waals surface area contributed by atoms with Crippen molar-refractivity contribution in [3.8, 4) is 0 Å². The summed E-state index contributed by atoms with van der Waals surface area (Å²) in [7, 11) is 2.06. The van der Waals surface area contributed by atoms with Crippen molar-refractivity contribution < 1.29 is 0 Å². The molecule has 0 radical (unpaired) electrons. The molecule has 106 valence electrons. The Morgan fingerprint density at radius 3 is 2.15 bits per heavy atom. The lowest BCUT2D eigenvalue weighted by Crippen LogP contribution is -2.29. The van der Waals surface area contributed by atoms with Gasteiger partial charge in [0.05, 0.1) is 0 Å². The second-order valence-corrected chi connectivity index (χ2v) is 5.78.